The standard InChI is InChI=1S/C17H15F6N5/c1-27-2-4-28(5-3-27)15-14-10(8-24-26-14)9-6-11(12(18)7-13(9)25-15)16(19,20)17(21,22)23/h6-8H,2-5H2,1H3,(H,24,26). The van der Waals surface area contributed by atoms with Crippen molar-refractivity contribution < 1.29 is 26.3 Å². The van der Waals surface area contributed by atoms with Crippen molar-refractivity contribution >= 4 is 27.6 Å². The fourth-order valence-corrected chi connectivity index (χ4v) is 3.34. The maximum atomic E-state index is 14.2. The molecule has 0 aliphatic carbocycles. The summed E-state index contributed by atoms with van der Waals surface area (Å²) in [4.78, 5) is 8.40. The van der Waals surface area contributed by atoms with Crippen LogP contribution in [0.3, 0.4) is 0 Å². The number of H-pyrrole nitrogens is 1. The molecule has 1 N–H and O–H groups in total. The highest BCUT2D eigenvalue weighted by atomic mass is 19.4. The number of piperazine rings is 1. The van der Waals surface area contributed by atoms with Crippen molar-refractivity contribution in [1.82, 2.24) is 20.1 Å². The number of halogens is 6. The van der Waals surface area contributed by atoms with Gasteiger partial charge in [-0.25, -0.2) is 9.37 Å². The van der Waals surface area contributed by atoms with Crippen LogP contribution in [-0.2, 0) is 5.92 Å². The first kappa shape index (κ1) is 18.8. The summed E-state index contributed by atoms with van der Waals surface area (Å²) in [5, 5.41) is 6.88. The average molecular weight is 403 g/mol. The van der Waals surface area contributed by atoms with Crippen LogP contribution >= 0.6 is 0 Å². The van der Waals surface area contributed by atoms with E-state index < -0.39 is 23.5 Å². The minimum atomic E-state index is -5.91. The molecule has 3 aromatic rings. The Morgan fingerprint density at radius 1 is 1.00 bits per heavy atom. The van der Waals surface area contributed by atoms with Gasteiger partial charge in [-0.2, -0.15) is 27.1 Å². The van der Waals surface area contributed by atoms with E-state index in [2.05, 4.69) is 20.1 Å². The minimum absolute atomic E-state index is 0.0120. The predicted octanol–water partition coefficient (Wildman–Crippen LogP) is 3.66. The van der Waals surface area contributed by atoms with Crippen LogP contribution in [-0.4, -0.2) is 59.5 Å². The second-order valence-corrected chi connectivity index (χ2v) is 6.81. The Hall–Kier alpha value is -2.56. The van der Waals surface area contributed by atoms with Crippen molar-refractivity contribution in [3.63, 3.8) is 0 Å². The monoisotopic (exact) mass is 403 g/mol. The number of aromatic nitrogens is 3. The lowest BCUT2D eigenvalue weighted by atomic mass is 10.0. The third-order valence-corrected chi connectivity index (χ3v) is 4.96. The van der Waals surface area contributed by atoms with Gasteiger partial charge < -0.3 is 9.80 Å². The van der Waals surface area contributed by atoms with E-state index >= 15 is 0 Å². The first-order valence-electron chi connectivity index (χ1n) is 8.44. The number of hydrogen-bond donors (Lipinski definition) is 1. The molecule has 28 heavy (non-hydrogen) atoms. The lowest BCUT2D eigenvalue weighted by Crippen LogP contribution is -2.44. The molecule has 1 fully saturated rings. The summed E-state index contributed by atoms with van der Waals surface area (Å²) in [5.74, 6) is -6.52. The molecule has 2 aromatic heterocycles. The van der Waals surface area contributed by atoms with Crippen molar-refractivity contribution in [3.05, 3.63) is 29.7 Å². The van der Waals surface area contributed by atoms with E-state index in [-0.39, 0.29) is 10.9 Å². The van der Waals surface area contributed by atoms with Crippen LogP contribution in [0.15, 0.2) is 18.3 Å². The molecule has 1 aliphatic heterocycles. The number of fused-ring (bicyclic) bond motifs is 3. The Balaban J connectivity index is 1.91. The van der Waals surface area contributed by atoms with Gasteiger partial charge in [0.15, 0.2) is 5.82 Å². The number of hydrogen-bond acceptors (Lipinski definition) is 4. The van der Waals surface area contributed by atoms with Gasteiger partial charge in [-0.05, 0) is 13.1 Å². The van der Waals surface area contributed by atoms with Crippen LogP contribution in [0.4, 0.5) is 32.2 Å². The normalized spacial score (nSPS) is 17.0. The summed E-state index contributed by atoms with van der Waals surface area (Å²) in [6, 6.07) is 1.13. The summed E-state index contributed by atoms with van der Waals surface area (Å²) < 4.78 is 79.9. The molecular weight excluding hydrogens is 388 g/mol. The Labute approximate surface area is 154 Å². The predicted molar refractivity (Wildman–Crippen MR) is 91.0 cm³/mol. The molecule has 11 heteroatoms. The SMILES string of the molecule is CN1CCN(c2nc3cc(F)c(C(F)(F)C(F)(F)F)cc3c3cn[nH]c23)CC1. The van der Waals surface area contributed by atoms with Crippen LogP contribution < -0.4 is 4.90 Å². The molecule has 0 unspecified atom stereocenters. The maximum Gasteiger partial charge on any atom is 0.458 e. The Kier molecular flexibility index (Phi) is 4.18. The smallest absolute Gasteiger partial charge is 0.352 e. The summed E-state index contributed by atoms with van der Waals surface area (Å²) in [5.41, 5.74) is -1.34. The number of rotatable bonds is 2. The zero-order valence-electron chi connectivity index (χ0n) is 14.6. The van der Waals surface area contributed by atoms with Crippen molar-refractivity contribution in [2.75, 3.05) is 38.1 Å². The van der Waals surface area contributed by atoms with E-state index in [1.807, 2.05) is 11.9 Å². The van der Waals surface area contributed by atoms with Gasteiger partial charge in [0.05, 0.1) is 17.3 Å². The number of nitrogens with one attached hydrogen (secondary N) is 1. The molecular formula is C17H15F6N5. The molecule has 1 aromatic carbocycles. The number of likely N-dealkylation sites (N-methyl/N-ethyl adjacent to an activating group) is 1. The van der Waals surface area contributed by atoms with Crippen molar-refractivity contribution in [3.8, 4) is 0 Å². The van der Waals surface area contributed by atoms with Gasteiger partial charge in [0, 0.05) is 43.0 Å². The van der Waals surface area contributed by atoms with Crippen molar-refractivity contribution in [1.29, 1.82) is 0 Å². The first-order valence-corrected chi connectivity index (χ1v) is 8.44. The van der Waals surface area contributed by atoms with Gasteiger partial charge in [0.25, 0.3) is 0 Å². The topological polar surface area (TPSA) is 48.1 Å². The molecule has 0 atom stereocenters. The molecule has 0 saturated carbocycles. The third-order valence-electron chi connectivity index (χ3n) is 4.96. The van der Waals surface area contributed by atoms with E-state index in [0.717, 1.165) is 13.1 Å². The van der Waals surface area contributed by atoms with Gasteiger partial charge in [-0.1, -0.05) is 0 Å². The molecule has 150 valence electrons. The van der Waals surface area contributed by atoms with E-state index in [0.29, 0.717) is 41.9 Å². The van der Waals surface area contributed by atoms with E-state index in [1.165, 1.54) is 6.20 Å². The van der Waals surface area contributed by atoms with Gasteiger partial charge in [-0.15, -0.1) is 0 Å². The molecule has 4 rings (SSSR count). The summed E-state index contributed by atoms with van der Waals surface area (Å²) in [7, 11) is 1.97. The molecule has 3 heterocycles. The molecule has 0 radical (unpaired) electrons. The van der Waals surface area contributed by atoms with Crippen LogP contribution in [0.5, 0.6) is 0 Å². The zero-order valence-corrected chi connectivity index (χ0v) is 14.6. The Morgan fingerprint density at radius 2 is 1.68 bits per heavy atom. The number of benzene rings is 1. The van der Waals surface area contributed by atoms with Crippen LogP contribution in [0.2, 0.25) is 0 Å². The number of pyridine rings is 1. The third kappa shape index (κ3) is 2.84. The highest BCUT2D eigenvalue weighted by molar-refractivity contribution is 6.08. The second-order valence-electron chi connectivity index (χ2n) is 6.81. The second kappa shape index (κ2) is 6.23. The molecule has 1 aliphatic rings. The van der Waals surface area contributed by atoms with E-state index in [9.17, 15) is 26.3 Å². The van der Waals surface area contributed by atoms with Crippen LogP contribution in [0.1, 0.15) is 5.56 Å². The minimum Gasteiger partial charge on any atom is -0.352 e. The quantitative estimate of drug-likeness (QED) is 0.664. The number of alkyl halides is 5. The summed E-state index contributed by atoms with van der Waals surface area (Å²) in [6.45, 7) is 2.80. The molecule has 1 saturated heterocycles. The van der Waals surface area contributed by atoms with Gasteiger partial charge in [0.2, 0.25) is 0 Å². The summed E-state index contributed by atoms with van der Waals surface area (Å²) in [6.07, 6.45) is -4.60. The molecule has 0 spiro atoms. The van der Waals surface area contributed by atoms with E-state index in [4.69, 9.17) is 0 Å². The molecule has 0 bridgehead atoms. The fraction of sp³-hybridized carbons (Fsp3) is 0.412. The Morgan fingerprint density at radius 3 is 2.32 bits per heavy atom. The van der Waals surface area contributed by atoms with Crippen molar-refractivity contribution in [2.24, 2.45) is 0 Å². The van der Waals surface area contributed by atoms with Crippen LogP contribution in [0.25, 0.3) is 21.8 Å². The maximum absolute atomic E-state index is 14.2. The van der Waals surface area contributed by atoms with Crippen molar-refractivity contribution in [2.45, 2.75) is 12.1 Å². The summed E-state index contributed by atoms with van der Waals surface area (Å²) >= 11 is 0. The zero-order chi connectivity index (χ0) is 20.3. The van der Waals surface area contributed by atoms with Gasteiger partial charge in [0.1, 0.15) is 11.3 Å². The number of nitrogens with zero attached hydrogens (tertiary/aromatic N) is 4. The first-order chi connectivity index (χ1) is 13.1. The fourth-order valence-electron chi connectivity index (χ4n) is 3.34. The highest BCUT2D eigenvalue weighted by Crippen LogP contribution is 2.46. The number of anilines is 1. The molecule has 0 amide bonds. The lowest BCUT2D eigenvalue weighted by Gasteiger charge is -2.33. The molecule has 5 nitrogen and oxygen atoms in total. The van der Waals surface area contributed by atoms with Gasteiger partial charge in [-0.3, -0.25) is 5.10 Å². The Bertz CT molecular complexity index is 1040. The van der Waals surface area contributed by atoms with Crippen LogP contribution in [0, 0.1) is 5.82 Å². The van der Waals surface area contributed by atoms with E-state index in [1.54, 1.807) is 0 Å². The average Bonchev–Trinajstić information content (AvgIpc) is 3.10. The van der Waals surface area contributed by atoms with Gasteiger partial charge >= 0.3 is 12.1 Å². The largest absolute Gasteiger partial charge is 0.458 e. The highest BCUT2D eigenvalue weighted by Gasteiger charge is 2.60. The number of aromatic amines is 1. The lowest BCUT2D eigenvalue weighted by molar-refractivity contribution is -0.290.